The van der Waals surface area contributed by atoms with Crippen molar-refractivity contribution in [2.24, 2.45) is 5.92 Å². The second kappa shape index (κ2) is 6.02. The highest BCUT2D eigenvalue weighted by Crippen LogP contribution is 2.11. The van der Waals surface area contributed by atoms with Gasteiger partial charge < -0.3 is 10.6 Å². The molecule has 1 aliphatic rings. The maximum Gasteiger partial charge on any atom is 0.271 e. The van der Waals surface area contributed by atoms with Crippen LogP contribution in [0.3, 0.4) is 0 Å². The normalized spacial score (nSPS) is 15.2. The van der Waals surface area contributed by atoms with E-state index in [1.54, 1.807) is 0 Å². The molecule has 1 saturated heterocycles. The SMILES string of the molecule is CC(C)c1cc(C(=O)NCC2CNC2)n[nH]1.Cl. The molecule has 5 nitrogen and oxygen atoms in total. The van der Waals surface area contributed by atoms with Crippen LogP contribution in [0.15, 0.2) is 6.07 Å². The third kappa shape index (κ3) is 3.44. The van der Waals surface area contributed by atoms with Crippen LogP contribution in [0.2, 0.25) is 0 Å². The van der Waals surface area contributed by atoms with Crippen LogP contribution < -0.4 is 10.6 Å². The van der Waals surface area contributed by atoms with Gasteiger partial charge in [-0.3, -0.25) is 9.89 Å². The molecule has 3 N–H and O–H groups in total. The molecular formula is C11H19ClN4O. The highest BCUT2D eigenvalue weighted by atomic mass is 35.5. The summed E-state index contributed by atoms with van der Waals surface area (Å²) in [6, 6.07) is 1.82. The third-order valence-corrected chi connectivity index (χ3v) is 2.87. The first kappa shape index (κ1) is 14.0. The van der Waals surface area contributed by atoms with Crippen molar-refractivity contribution in [2.75, 3.05) is 19.6 Å². The second-order valence-corrected chi connectivity index (χ2v) is 4.60. The van der Waals surface area contributed by atoms with Crippen molar-refractivity contribution in [2.45, 2.75) is 19.8 Å². The summed E-state index contributed by atoms with van der Waals surface area (Å²) >= 11 is 0. The van der Waals surface area contributed by atoms with Crippen LogP contribution in [0.5, 0.6) is 0 Å². The summed E-state index contributed by atoms with van der Waals surface area (Å²) in [7, 11) is 0. The lowest BCUT2D eigenvalue weighted by Crippen LogP contribution is -2.48. The Hall–Kier alpha value is -1.07. The number of hydrogen-bond donors (Lipinski definition) is 3. The van der Waals surface area contributed by atoms with E-state index in [0.717, 1.165) is 25.3 Å². The van der Waals surface area contributed by atoms with E-state index in [1.165, 1.54) is 0 Å². The van der Waals surface area contributed by atoms with Crippen molar-refractivity contribution >= 4 is 18.3 Å². The van der Waals surface area contributed by atoms with Crippen molar-refractivity contribution in [1.29, 1.82) is 0 Å². The van der Waals surface area contributed by atoms with Gasteiger partial charge in [-0.25, -0.2) is 0 Å². The Labute approximate surface area is 107 Å². The number of rotatable bonds is 4. The minimum Gasteiger partial charge on any atom is -0.350 e. The Bertz CT molecular complexity index is 373. The summed E-state index contributed by atoms with van der Waals surface area (Å²) < 4.78 is 0. The largest absolute Gasteiger partial charge is 0.350 e. The van der Waals surface area contributed by atoms with Gasteiger partial charge in [0.25, 0.3) is 5.91 Å². The van der Waals surface area contributed by atoms with Gasteiger partial charge in [0, 0.05) is 31.2 Å². The van der Waals surface area contributed by atoms with Crippen molar-refractivity contribution in [3.8, 4) is 0 Å². The minimum atomic E-state index is -0.0879. The number of aromatic nitrogens is 2. The number of H-pyrrole nitrogens is 1. The summed E-state index contributed by atoms with van der Waals surface area (Å²) in [5, 5.41) is 12.9. The highest BCUT2D eigenvalue weighted by Gasteiger charge is 2.18. The number of aromatic amines is 1. The smallest absolute Gasteiger partial charge is 0.271 e. The van der Waals surface area contributed by atoms with Crippen LogP contribution in [0.1, 0.15) is 35.9 Å². The molecule has 0 bridgehead atoms. The zero-order chi connectivity index (χ0) is 11.5. The summed E-state index contributed by atoms with van der Waals surface area (Å²) in [5.41, 5.74) is 1.48. The highest BCUT2D eigenvalue weighted by molar-refractivity contribution is 5.92. The number of carbonyl (C=O) groups is 1. The number of nitrogens with one attached hydrogen (secondary N) is 3. The zero-order valence-electron chi connectivity index (χ0n) is 10.1. The van der Waals surface area contributed by atoms with Gasteiger partial charge in [0.05, 0.1) is 0 Å². The van der Waals surface area contributed by atoms with Crippen LogP contribution in [-0.4, -0.2) is 35.7 Å². The Morgan fingerprint density at radius 2 is 2.29 bits per heavy atom. The lowest BCUT2D eigenvalue weighted by Gasteiger charge is -2.26. The average molecular weight is 259 g/mol. The van der Waals surface area contributed by atoms with Crippen molar-refractivity contribution < 1.29 is 4.79 Å². The van der Waals surface area contributed by atoms with Crippen molar-refractivity contribution in [1.82, 2.24) is 20.8 Å². The molecule has 0 atom stereocenters. The van der Waals surface area contributed by atoms with Crippen LogP contribution >= 0.6 is 12.4 Å². The molecule has 1 aliphatic heterocycles. The first-order valence-corrected chi connectivity index (χ1v) is 5.71. The Morgan fingerprint density at radius 1 is 1.59 bits per heavy atom. The summed E-state index contributed by atoms with van der Waals surface area (Å²) in [6.07, 6.45) is 0. The summed E-state index contributed by atoms with van der Waals surface area (Å²) in [4.78, 5) is 11.7. The fourth-order valence-corrected chi connectivity index (χ4v) is 1.57. The molecule has 0 aromatic carbocycles. The molecule has 1 aromatic heterocycles. The summed E-state index contributed by atoms with van der Waals surface area (Å²) in [5.74, 6) is 0.854. The molecule has 1 amide bonds. The number of halogens is 1. The van der Waals surface area contributed by atoms with E-state index in [1.807, 2.05) is 6.07 Å². The average Bonchev–Trinajstić information content (AvgIpc) is 2.63. The molecule has 0 saturated carbocycles. The number of hydrogen-bond acceptors (Lipinski definition) is 3. The Balaban J connectivity index is 0.00000144. The molecule has 0 unspecified atom stereocenters. The van der Waals surface area contributed by atoms with E-state index in [2.05, 4.69) is 34.7 Å². The van der Waals surface area contributed by atoms with Crippen LogP contribution in [0, 0.1) is 5.92 Å². The van der Waals surface area contributed by atoms with Gasteiger partial charge in [0.15, 0.2) is 0 Å². The fourth-order valence-electron chi connectivity index (χ4n) is 1.57. The van der Waals surface area contributed by atoms with Gasteiger partial charge >= 0.3 is 0 Å². The summed E-state index contributed by atoms with van der Waals surface area (Å²) in [6.45, 7) is 6.86. The molecule has 1 aromatic rings. The third-order valence-electron chi connectivity index (χ3n) is 2.87. The van der Waals surface area contributed by atoms with Gasteiger partial charge in [-0.05, 0) is 12.0 Å². The number of amides is 1. The predicted molar refractivity (Wildman–Crippen MR) is 68.6 cm³/mol. The predicted octanol–water partition coefficient (Wildman–Crippen LogP) is 0.904. The topological polar surface area (TPSA) is 69.8 Å². The molecule has 6 heteroatoms. The number of nitrogens with zero attached hydrogens (tertiary/aromatic N) is 1. The molecule has 0 aliphatic carbocycles. The van der Waals surface area contributed by atoms with Gasteiger partial charge in [-0.15, -0.1) is 12.4 Å². The first-order valence-electron chi connectivity index (χ1n) is 5.71. The maximum absolute atomic E-state index is 11.7. The lowest BCUT2D eigenvalue weighted by atomic mass is 10.0. The molecule has 0 radical (unpaired) electrons. The van der Waals surface area contributed by atoms with E-state index in [4.69, 9.17) is 0 Å². The lowest BCUT2D eigenvalue weighted by molar-refractivity contribution is 0.0937. The molecule has 2 heterocycles. The van der Waals surface area contributed by atoms with E-state index >= 15 is 0 Å². The van der Waals surface area contributed by atoms with Crippen molar-refractivity contribution in [3.63, 3.8) is 0 Å². The van der Waals surface area contributed by atoms with Gasteiger partial charge in [-0.2, -0.15) is 5.10 Å². The van der Waals surface area contributed by atoms with Gasteiger partial charge in [-0.1, -0.05) is 13.8 Å². The second-order valence-electron chi connectivity index (χ2n) is 4.60. The van der Waals surface area contributed by atoms with Crippen LogP contribution in [-0.2, 0) is 0 Å². The standard InChI is InChI=1S/C11H18N4O.ClH/c1-7(2)9-3-10(15-14-9)11(16)13-6-8-4-12-5-8;/h3,7-8,12H,4-6H2,1-2H3,(H,13,16)(H,14,15);1H. The molecule has 17 heavy (non-hydrogen) atoms. The first-order chi connectivity index (χ1) is 7.66. The molecule has 2 rings (SSSR count). The Kier molecular flexibility index (Phi) is 4.96. The Morgan fingerprint density at radius 3 is 2.76 bits per heavy atom. The van der Waals surface area contributed by atoms with Crippen molar-refractivity contribution in [3.05, 3.63) is 17.5 Å². The van der Waals surface area contributed by atoms with Crippen LogP contribution in [0.25, 0.3) is 0 Å². The van der Waals surface area contributed by atoms with Gasteiger partial charge in [0.1, 0.15) is 5.69 Å². The maximum atomic E-state index is 11.7. The zero-order valence-corrected chi connectivity index (χ0v) is 10.9. The molecule has 1 fully saturated rings. The quantitative estimate of drug-likeness (QED) is 0.752. The van der Waals surface area contributed by atoms with E-state index in [0.29, 0.717) is 17.5 Å². The van der Waals surface area contributed by atoms with Gasteiger partial charge in [0.2, 0.25) is 0 Å². The van der Waals surface area contributed by atoms with E-state index in [-0.39, 0.29) is 18.3 Å². The minimum absolute atomic E-state index is 0. The molecule has 96 valence electrons. The van der Waals surface area contributed by atoms with E-state index < -0.39 is 0 Å². The number of carbonyl (C=O) groups excluding carboxylic acids is 1. The van der Waals surface area contributed by atoms with Crippen LogP contribution in [0.4, 0.5) is 0 Å². The monoisotopic (exact) mass is 258 g/mol. The molecule has 0 spiro atoms. The molecular weight excluding hydrogens is 240 g/mol. The fraction of sp³-hybridized carbons (Fsp3) is 0.636. The van der Waals surface area contributed by atoms with E-state index in [9.17, 15) is 4.79 Å².